The Morgan fingerprint density at radius 3 is 2.60 bits per heavy atom. The topological polar surface area (TPSA) is 45.8 Å². The van der Waals surface area contributed by atoms with Gasteiger partial charge in [0.25, 0.3) is 0 Å². The minimum absolute atomic E-state index is 0.0837. The van der Waals surface area contributed by atoms with Gasteiger partial charge in [0, 0.05) is 27.3 Å². The molecule has 2 rings (SSSR count). The van der Waals surface area contributed by atoms with Crippen molar-refractivity contribution in [3.05, 3.63) is 56.8 Å². The molecule has 1 aromatic carbocycles. The zero-order valence-electron chi connectivity index (χ0n) is 10.9. The van der Waals surface area contributed by atoms with E-state index in [9.17, 15) is 4.79 Å². The molecule has 1 heterocycles. The Balaban J connectivity index is 2.49. The molecule has 0 radical (unpaired) electrons. The largest absolute Gasteiger partial charge is 0.340 e. The number of carbonyl (C=O) groups excluding carboxylic acids is 1. The van der Waals surface area contributed by atoms with E-state index in [1.807, 2.05) is 17.6 Å². The maximum absolute atomic E-state index is 12.6. The summed E-state index contributed by atoms with van der Waals surface area (Å²) in [6.07, 6.45) is 0.278. The van der Waals surface area contributed by atoms with Gasteiger partial charge < -0.3 is 4.57 Å². The van der Waals surface area contributed by atoms with E-state index in [2.05, 4.69) is 22.0 Å². The van der Waals surface area contributed by atoms with Gasteiger partial charge in [-0.2, -0.15) is 5.26 Å². The van der Waals surface area contributed by atoms with E-state index in [0.29, 0.717) is 27.3 Å². The van der Waals surface area contributed by atoms with Crippen LogP contribution in [0.2, 0.25) is 5.02 Å². The second-order valence-corrected chi connectivity index (χ2v) is 5.54. The molecule has 0 bridgehead atoms. The summed E-state index contributed by atoms with van der Waals surface area (Å²) in [5, 5.41) is 9.44. The number of rotatable bonds is 4. The first-order chi connectivity index (χ1) is 9.58. The van der Waals surface area contributed by atoms with Crippen molar-refractivity contribution < 1.29 is 4.79 Å². The quantitative estimate of drug-likeness (QED) is 0.774. The van der Waals surface area contributed by atoms with E-state index in [1.165, 1.54) is 0 Å². The van der Waals surface area contributed by atoms with Gasteiger partial charge in [0.05, 0.1) is 12.5 Å². The average molecular weight is 352 g/mol. The van der Waals surface area contributed by atoms with Crippen LogP contribution in [0.5, 0.6) is 0 Å². The number of nitriles is 1. The van der Waals surface area contributed by atoms with Crippen molar-refractivity contribution in [2.24, 2.45) is 0 Å². The fourth-order valence-electron chi connectivity index (χ4n) is 2.12. The second kappa shape index (κ2) is 6.25. The zero-order valence-corrected chi connectivity index (χ0v) is 13.2. The molecule has 0 spiro atoms. The summed E-state index contributed by atoms with van der Waals surface area (Å²) in [7, 11) is 0. The fourth-order valence-corrected chi connectivity index (χ4v) is 2.91. The first-order valence-corrected chi connectivity index (χ1v) is 7.30. The molecule has 0 fully saturated rings. The first-order valence-electron chi connectivity index (χ1n) is 6.13. The number of ketones is 1. The van der Waals surface area contributed by atoms with Gasteiger partial charge in [-0.15, -0.1) is 0 Å². The molecule has 102 valence electrons. The van der Waals surface area contributed by atoms with E-state index in [0.717, 1.165) is 5.69 Å². The van der Waals surface area contributed by atoms with Crippen molar-refractivity contribution >= 4 is 33.3 Å². The Morgan fingerprint density at radius 1 is 1.40 bits per heavy atom. The van der Waals surface area contributed by atoms with Crippen molar-refractivity contribution in [2.75, 3.05) is 0 Å². The number of nitrogens with zero attached hydrogens (tertiary/aromatic N) is 2. The minimum Gasteiger partial charge on any atom is -0.340 e. The van der Waals surface area contributed by atoms with E-state index < -0.39 is 0 Å². The third-order valence-electron chi connectivity index (χ3n) is 3.03. The summed E-state index contributed by atoms with van der Waals surface area (Å²) in [6, 6.07) is 10.7. The van der Waals surface area contributed by atoms with Crippen LogP contribution in [0.15, 0.2) is 34.8 Å². The Morgan fingerprint density at radius 2 is 2.05 bits per heavy atom. The Kier molecular flexibility index (Phi) is 4.64. The molecule has 0 aliphatic heterocycles. The maximum Gasteiger partial charge on any atom is 0.210 e. The number of hydrogen-bond acceptors (Lipinski definition) is 2. The van der Waals surface area contributed by atoms with Gasteiger partial charge in [0.15, 0.2) is 0 Å². The van der Waals surface area contributed by atoms with Gasteiger partial charge >= 0.3 is 0 Å². The average Bonchev–Trinajstić information content (AvgIpc) is 2.75. The molecule has 20 heavy (non-hydrogen) atoms. The highest BCUT2D eigenvalue weighted by atomic mass is 79.9. The van der Waals surface area contributed by atoms with Crippen molar-refractivity contribution in [1.82, 2.24) is 4.57 Å². The summed E-state index contributed by atoms with van der Waals surface area (Å²) >= 11 is 9.25. The fraction of sp³-hybridized carbons (Fsp3) is 0.200. The molecule has 0 saturated carbocycles. The lowest BCUT2D eigenvalue weighted by atomic mass is 10.1. The minimum atomic E-state index is -0.0837. The molecule has 0 unspecified atom stereocenters. The van der Waals surface area contributed by atoms with Crippen LogP contribution >= 0.6 is 27.5 Å². The second-order valence-electron chi connectivity index (χ2n) is 4.25. The van der Waals surface area contributed by atoms with Crippen LogP contribution in [0.25, 0.3) is 0 Å². The number of aromatic nitrogens is 1. The van der Waals surface area contributed by atoms with Gasteiger partial charge in [-0.3, -0.25) is 4.79 Å². The molecule has 0 saturated heterocycles. The number of hydrogen-bond donors (Lipinski definition) is 0. The molecule has 3 nitrogen and oxygen atoms in total. The molecule has 1 aromatic heterocycles. The van der Waals surface area contributed by atoms with Gasteiger partial charge in [0.1, 0.15) is 5.69 Å². The molecule has 5 heteroatoms. The summed E-state index contributed by atoms with van der Waals surface area (Å²) in [5.41, 5.74) is 1.98. The highest BCUT2D eigenvalue weighted by Gasteiger charge is 2.20. The van der Waals surface area contributed by atoms with Crippen LogP contribution in [0.1, 0.15) is 28.7 Å². The summed E-state index contributed by atoms with van der Waals surface area (Å²) < 4.78 is 2.58. The van der Waals surface area contributed by atoms with Gasteiger partial charge in [-0.25, -0.2) is 0 Å². The van der Waals surface area contributed by atoms with Crippen LogP contribution in [-0.4, -0.2) is 10.4 Å². The standard InChI is InChI=1S/C15H12BrClN2O/c1-2-19-12(7-8-18)9-13(16)14(19)15(20)10-3-5-11(17)6-4-10/h3-6,9H,2,7H2,1H3. The number of halogens is 2. The van der Waals surface area contributed by atoms with Crippen molar-refractivity contribution in [3.8, 4) is 6.07 Å². The monoisotopic (exact) mass is 350 g/mol. The Hall–Kier alpha value is -1.57. The molecular weight excluding hydrogens is 340 g/mol. The predicted molar refractivity (Wildman–Crippen MR) is 82.0 cm³/mol. The molecule has 0 N–H and O–H groups in total. The third-order valence-corrected chi connectivity index (χ3v) is 3.89. The first kappa shape index (κ1) is 14.8. The molecular formula is C15H12BrClN2O. The van der Waals surface area contributed by atoms with Crippen LogP contribution in [0, 0.1) is 11.3 Å². The van der Waals surface area contributed by atoms with Crippen LogP contribution < -0.4 is 0 Å². The predicted octanol–water partition coefficient (Wildman–Crippen LogP) is 4.22. The highest BCUT2D eigenvalue weighted by molar-refractivity contribution is 9.10. The summed E-state index contributed by atoms with van der Waals surface area (Å²) in [5.74, 6) is -0.0837. The lowest BCUT2D eigenvalue weighted by Gasteiger charge is -2.09. The van der Waals surface area contributed by atoms with Crippen LogP contribution in [-0.2, 0) is 13.0 Å². The number of benzene rings is 1. The Labute approximate surface area is 130 Å². The third kappa shape index (κ3) is 2.79. The van der Waals surface area contributed by atoms with Gasteiger partial charge in [0.2, 0.25) is 5.78 Å². The molecule has 0 aliphatic carbocycles. The van der Waals surface area contributed by atoms with E-state index in [-0.39, 0.29) is 12.2 Å². The molecule has 0 amide bonds. The SMILES string of the molecule is CCn1c(CC#N)cc(Br)c1C(=O)c1ccc(Cl)cc1. The molecule has 2 aromatic rings. The smallest absolute Gasteiger partial charge is 0.210 e. The van der Waals surface area contributed by atoms with Crippen LogP contribution in [0.4, 0.5) is 0 Å². The number of carbonyl (C=O) groups is 1. The van der Waals surface area contributed by atoms with Crippen molar-refractivity contribution in [3.63, 3.8) is 0 Å². The van der Waals surface area contributed by atoms with Gasteiger partial charge in [-0.1, -0.05) is 11.6 Å². The highest BCUT2D eigenvalue weighted by Crippen LogP contribution is 2.25. The van der Waals surface area contributed by atoms with Crippen molar-refractivity contribution in [1.29, 1.82) is 5.26 Å². The van der Waals surface area contributed by atoms with Gasteiger partial charge in [-0.05, 0) is 53.2 Å². The van der Waals surface area contributed by atoms with E-state index in [4.69, 9.17) is 16.9 Å². The summed E-state index contributed by atoms with van der Waals surface area (Å²) in [4.78, 5) is 12.6. The lowest BCUT2D eigenvalue weighted by molar-refractivity contribution is 0.102. The lowest BCUT2D eigenvalue weighted by Crippen LogP contribution is -2.12. The van der Waals surface area contributed by atoms with Crippen molar-refractivity contribution in [2.45, 2.75) is 19.9 Å². The molecule has 0 atom stereocenters. The normalized spacial score (nSPS) is 10.3. The molecule has 0 aliphatic rings. The van der Waals surface area contributed by atoms with E-state index in [1.54, 1.807) is 24.3 Å². The van der Waals surface area contributed by atoms with E-state index >= 15 is 0 Å². The van der Waals surface area contributed by atoms with Crippen LogP contribution in [0.3, 0.4) is 0 Å². The maximum atomic E-state index is 12.6. The zero-order chi connectivity index (χ0) is 14.7. The Bertz CT molecular complexity index is 683. The summed E-state index contributed by atoms with van der Waals surface area (Å²) in [6.45, 7) is 2.59.